The molecule has 3 heteroatoms. The fraction of sp³-hybridized carbons (Fsp3) is 0.400. The molecule has 0 aromatic carbocycles. The van der Waals surface area contributed by atoms with Crippen molar-refractivity contribution >= 4 is 29.0 Å². The molecule has 100 valence electrons. The Hall–Kier alpha value is 0.293. The van der Waals surface area contributed by atoms with Gasteiger partial charge in [0, 0.05) is 0 Å². The van der Waals surface area contributed by atoms with Crippen molar-refractivity contribution in [1.82, 2.24) is 0 Å². The van der Waals surface area contributed by atoms with Crippen LogP contribution >= 0.6 is 24.8 Å². The third-order valence-corrected chi connectivity index (χ3v) is 10.5. The first kappa shape index (κ1) is 18.3. The monoisotopic (exact) mass is 362 g/mol. The number of halogens is 2. The number of hydrogen-bond acceptors (Lipinski definition) is 0. The molecule has 0 saturated carbocycles. The number of allylic oxidation sites excluding steroid dienone is 8. The van der Waals surface area contributed by atoms with Crippen molar-refractivity contribution in [1.29, 1.82) is 0 Å². The van der Waals surface area contributed by atoms with Crippen LogP contribution in [0.4, 0.5) is 0 Å². The molecule has 18 heavy (non-hydrogen) atoms. The maximum absolute atomic E-state index is 4.60. The van der Waals surface area contributed by atoms with E-state index in [-0.39, 0.29) is 24.8 Å². The molecule has 0 amide bonds. The molecule has 2 aliphatic carbocycles. The van der Waals surface area contributed by atoms with E-state index in [1.165, 1.54) is 23.1 Å². The zero-order chi connectivity index (χ0) is 11.9. The Labute approximate surface area is 131 Å². The minimum atomic E-state index is -1.74. The van der Waals surface area contributed by atoms with Crippen molar-refractivity contribution in [3.05, 3.63) is 41.5 Å². The van der Waals surface area contributed by atoms with Crippen molar-refractivity contribution < 1.29 is 21.3 Å². The third-order valence-electron chi connectivity index (χ3n) is 3.60. The Morgan fingerprint density at radius 3 is 2.17 bits per heavy atom. The van der Waals surface area contributed by atoms with Gasteiger partial charge in [0.1, 0.15) is 0 Å². The molecule has 0 nitrogen and oxygen atoms in total. The van der Waals surface area contributed by atoms with Gasteiger partial charge < -0.3 is 0 Å². The minimum absolute atomic E-state index is 0. The summed E-state index contributed by atoms with van der Waals surface area (Å²) in [5.74, 6) is 0.646. The molecular weight excluding hydrogens is 342 g/mol. The molecule has 0 saturated heterocycles. The second kappa shape index (κ2) is 7.18. The van der Waals surface area contributed by atoms with E-state index in [0.29, 0.717) is 5.92 Å². The normalized spacial score (nSPS) is 21.8. The van der Waals surface area contributed by atoms with E-state index in [0.717, 1.165) is 0 Å². The first-order valence-corrected chi connectivity index (χ1v) is 10.2. The molecule has 0 N–H and O–H groups in total. The summed E-state index contributed by atoms with van der Waals surface area (Å²) in [6.45, 7) is 9.08. The second-order valence-corrected chi connectivity index (χ2v) is 10.2. The quantitative estimate of drug-likeness (QED) is 0.648. The van der Waals surface area contributed by atoms with Crippen molar-refractivity contribution in [3.8, 4) is 0 Å². The average molecular weight is 364 g/mol. The molecule has 0 aromatic heterocycles. The van der Waals surface area contributed by atoms with Crippen LogP contribution in [0.25, 0.3) is 0 Å². The summed E-state index contributed by atoms with van der Waals surface area (Å²) in [7, 11) is 0. The van der Waals surface area contributed by atoms with Crippen LogP contribution in [-0.2, 0) is 21.3 Å². The molecule has 0 spiro atoms. The van der Waals surface area contributed by atoms with E-state index >= 15 is 0 Å². The Morgan fingerprint density at radius 2 is 1.78 bits per heavy atom. The molecule has 1 atom stereocenters. The zero-order valence-electron chi connectivity index (χ0n) is 11.5. The predicted molar refractivity (Wildman–Crippen MR) is 83.7 cm³/mol. The molecule has 0 heterocycles. The van der Waals surface area contributed by atoms with Gasteiger partial charge in [0.15, 0.2) is 0 Å². The van der Waals surface area contributed by atoms with Gasteiger partial charge in [0.05, 0.1) is 0 Å². The molecule has 0 fully saturated rings. The molecule has 0 aliphatic heterocycles. The van der Waals surface area contributed by atoms with Crippen molar-refractivity contribution in [2.75, 3.05) is 0 Å². The van der Waals surface area contributed by atoms with E-state index < -0.39 is 21.3 Å². The molecule has 0 radical (unpaired) electrons. The third kappa shape index (κ3) is 3.44. The van der Waals surface area contributed by atoms with Gasteiger partial charge in [-0.05, 0) is 0 Å². The van der Waals surface area contributed by atoms with Crippen LogP contribution in [0, 0.1) is 5.92 Å². The Morgan fingerprint density at radius 1 is 1.17 bits per heavy atom. The topological polar surface area (TPSA) is 0 Å². The van der Waals surface area contributed by atoms with Gasteiger partial charge in [0.25, 0.3) is 0 Å². The molecule has 2 aliphatic rings. The van der Waals surface area contributed by atoms with Crippen molar-refractivity contribution in [2.45, 2.75) is 34.1 Å². The van der Waals surface area contributed by atoms with Crippen LogP contribution in [0.15, 0.2) is 41.5 Å². The van der Waals surface area contributed by atoms with Gasteiger partial charge in [-0.1, -0.05) is 0 Å². The van der Waals surface area contributed by atoms with Gasteiger partial charge in [0.2, 0.25) is 0 Å². The first-order chi connectivity index (χ1) is 7.50. The molecule has 0 bridgehead atoms. The van der Waals surface area contributed by atoms with Gasteiger partial charge >= 0.3 is 107 Å². The van der Waals surface area contributed by atoms with Crippen LogP contribution in [0.3, 0.4) is 0 Å². The van der Waals surface area contributed by atoms with Crippen LogP contribution < -0.4 is 0 Å². The number of rotatable bonds is 2. The summed E-state index contributed by atoms with van der Waals surface area (Å²) in [6, 6.07) is 0. The summed E-state index contributed by atoms with van der Waals surface area (Å²) in [6.07, 6.45) is 8.18. The van der Waals surface area contributed by atoms with E-state index in [1.54, 1.807) is 6.56 Å². The molecule has 0 aromatic rings. The fourth-order valence-electron chi connectivity index (χ4n) is 2.78. The van der Waals surface area contributed by atoms with E-state index in [4.69, 9.17) is 0 Å². The number of hydrogen-bond donors (Lipinski definition) is 0. The maximum atomic E-state index is 4.60. The van der Waals surface area contributed by atoms with E-state index in [2.05, 4.69) is 50.1 Å². The molecule has 1 unspecified atom stereocenters. The molecular formula is C15H22Cl2Zr. The summed E-state index contributed by atoms with van der Waals surface area (Å²) >= 11 is -1.74. The van der Waals surface area contributed by atoms with Gasteiger partial charge in [-0.3, -0.25) is 0 Å². The van der Waals surface area contributed by atoms with Crippen LogP contribution in [0.5, 0.6) is 0 Å². The predicted octanol–water partition coefficient (Wildman–Crippen LogP) is 4.98. The van der Waals surface area contributed by atoms with Crippen molar-refractivity contribution in [2.24, 2.45) is 5.92 Å². The second-order valence-electron chi connectivity index (χ2n) is 5.05. The standard InChI is InChI=1S/2C7H9.CH2.2ClH.Zr/c2*1-6-3-4-7(2)5-6;;;;/h5H,3H2,1-2H3;3-4,6H,1-2H3;1H2;2*1H;. The van der Waals surface area contributed by atoms with Gasteiger partial charge in [-0.25, -0.2) is 0 Å². The Bertz CT molecular complexity index is 479. The average Bonchev–Trinajstić information content (AvgIpc) is 2.70. The summed E-state index contributed by atoms with van der Waals surface area (Å²) in [5, 5.41) is 0. The summed E-state index contributed by atoms with van der Waals surface area (Å²) in [4.78, 5) is 0. The van der Waals surface area contributed by atoms with Gasteiger partial charge in [-0.15, -0.1) is 24.8 Å². The summed E-state index contributed by atoms with van der Waals surface area (Å²) in [5.41, 5.74) is 4.54. The molecule has 2 rings (SSSR count). The van der Waals surface area contributed by atoms with E-state index in [9.17, 15) is 0 Å². The Kier molecular flexibility index (Phi) is 7.29. The Balaban J connectivity index is 0.00000144. The van der Waals surface area contributed by atoms with Crippen LogP contribution in [-0.4, -0.2) is 4.21 Å². The van der Waals surface area contributed by atoms with Crippen LogP contribution in [0.2, 0.25) is 0 Å². The van der Waals surface area contributed by atoms with Gasteiger partial charge in [-0.2, -0.15) is 0 Å². The first-order valence-electron chi connectivity index (χ1n) is 5.96. The van der Waals surface area contributed by atoms with Crippen LogP contribution in [0.1, 0.15) is 34.1 Å². The van der Waals surface area contributed by atoms with Crippen molar-refractivity contribution in [3.63, 3.8) is 0 Å². The SMILES string of the molecule is Cl.Cl.[CH2]=[Zr]([C]1=C(C)C=C(C)C1)[C]1=C(C)C=CC1C. The zero-order valence-corrected chi connectivity index (χ0v) is 15.6. The summed E-state index contributed by atoms with van der Waals surface area (Å²) < 4.78 is 8.02. The van der Waals surface area contributed by atoms with E-state index in [1.807, 2.05) is 0 Å². The fourth-order valence-corrected chi connectivity index (χ4v) is 9.10.